The van der Waals surface area contributed by atoms with E-state index in [0.29, 0.717) is 0 Å². The Hall–Kier alpha value is -3.94. The lowest BCUT2D eigenvalue weighted by Gasteiger charge is -2.34. The van der Waals surface area contributed by atoms with Gasteiger partial charge in [-0.1, -0.05) is 133 Å². The summed E-state index contributed by atoms with van der Waals surface area (Å²) >= 11 is 3.83. The molecule has 0 saturated carbocycles. The van der Waals surface area contributed by atoms with Gasteiger partial charge in [0.25, 0.3) is 0 Å². The molecule has 0 N–H and O–H groups in total. The summed E-state index contributed by atoms with van der Waals surface area (Å²) in [4.78, 5) is 0. The average molecular weight is 564 g/mol. The van der Waals surface area contributed by atoms with Crippen LogP contribution in [-0.4, -0.2) is 0 Å². The highest BCUT2D eigenvalue weighted by molar-refractivity contribution is 9.10. The van der Waals surface area contributed by atoms with Crippen molar-refractivity contribution in [1.82, 2.24) is 0 Å². The lowest BCUT2D eigenvalue weighted by atomic mass is 9.67. The van der Waals surface area contributed by atoms with Gasteiger partial charge in [-0.2, -0.15) is 0 Å². The van der Waals surface area contributed by atoms with Crippen LogP contribution in [0.25, 0.3) is 33.0 Å². The van der Waals surface area contributed by atoms with Gasteiger partial charge >= 0.3 is 0 Å². The van der Waals surface area contributed by atoms with Crippen molar-refractivity contribution in [1.29, 1.82) is 0 Å². The topological polar surface area (TPSA) is 0 Å². The van der Waals surface area contributed by atoms with Gasteiger partial charge in [-0.3, -0.25) is 0 Å². The van der Waals surface area contributed by atoms with Gasteiger partial charge in [0.05, 0.1) is 5.41 Å². The predicted molar refractivity (Wildman–Crippen MR) is 167 cm³/mol. The largest absolute Gasteiger partial charge is 0.0714 e. The monoisotopic (exact) mass is 562 g/mol. The molecule has 0 fully saturated rings. The van der Waals surface area contributed by atoms with Crippen LogP contribution in [0.3, 0.4) is 0 Å². The number of hydrogen-bond donors (Lipinski definition) is 0. The molecule has 0 unspecified atom stereocenters. The molecule has 0 spiro atoms. The first-order valence-electron chi connectivity index (χ1n) is 13.6. The number of halogens is 1. The van der Waals surface area contributed by atoms with Crippen LogP contribution in [0.5, 0.6) is 0 Å². The first-order valence-corrected chi connectivity index (χ1v) is 14.4. The highest BCUT2D eigenvalue weighted by atomic mass is 79.9. The maximum Gasteiger partial charge on any atom is 0.0714 e. The van der Waals surface area contributed by atoms with Crippen molar-refractivity contribution in [3.63, 3.8) is 0 Å². The second kappa shape index (κ2) is 8.04. The van der Waals surface area contributed by atoms with Crippen LogP contribution in [0.1, 0.15) is 47.2 Å². The molecule has 6 aromatic carbocycles. The first kappa shape index (κ1) is 23.0. The lowest BCUT2D eigenvalue weighted by Crippen LogP contribution is -2.28. The fraction of sp³-hybridized carbons (Fsp3) is 0.105. The summed E-state index contributed by atoms with van der Waals surface area (Å²) in [6.07, 6.45) is 0. The zero-order chi connectivity index (χ0) is 26.4. The molecule has 0 atom stereocenters. The molecule has 0 heterocycles. The third kappa shape index (κ3) is 2.94. The van der Waals surface area contributed by atoms with Gasteiger partial charge in [0.15, 0.2) is 0 Å². The maximum atomic E-state index is 3.83. The van der Waals surface area contributed by atoms with Crippen molar-refractivity contribution >= 4 is 26.7 Å². The SMILES string of the molecule is CC1(C)c2cc3c(cc2-c2c1ccc1ccccc21)C(c1ccccc1)(c1ccccc1)c1cc(Br)ccc1-3. The molecular weight excluding hydrogens is 536 g/mol. The van der Waals surface area contributed by atoms with Crippen LogP contribution in [0.4, 0.5) is 0 Å². The Kier molecular flexibility index (Phi) is 4.74. The first-order chi connectivity index (χ1) is 19.0. The standard InChI is InChI=1S/C38H27Br/c1-37(2)32-20-17-24-11-9-10-16-28(24)36(32)31-23-35-30(22-33(31)37)29-19-18-27(39)21-34(29)38(35,25-12-5-3-6-13-25)26-14-7-4-8-15-26/h3-23H,1-2H3. The molecule has 2 aliphatic carbocycles. The number of hydrogen-bond acceptors (Lipinski definition) is 0. The summed E-state index contributed by atoms with van der Waals surface area (Å²) < 4.78 is 1.11. The molecule has 0 radical (unpaired) electrons. The minimum atomic E-state index is -0.413. The molecule has 1 heteroatoms. The van der Waals surface area contributed by atoms with E-state index >= 15 is 0 Å². The second-order valence-corrected chi connectivity index (χ2v) is 12.4. The Labute approximate surface area is 238 Å². The van der Waals surface area contributed by atoms with Gasteiger partial charge < -0.3 is 0 Å². The molecule has 0 amide bonds. The zero-order valence-corrected chi connectivity index (χ0v) is 23.6. The molecule has 0 bridgehead atoms. The summed E-state index contributed by atoms with van der Waals surface area (Å²) in [6.45, 7) is 4.77. The van der Waals surface area contributed by atoms with Crippen molar-refractivity contribution in [2.75, 3.05) is 0 Å². The van der Waals surface area contributed by atoms with E-state index in [-0.39, 0.29) is 5.41 Å². The third-order valence-electron chi connectivity index (χ3n) is 9.20. The van der Waals surface area contributed by atoms with Gasteiger partial charge in [0, 0.05) is 9.89 Å². The van der Waals surface area contributed by atoms with Crippen molar-refractivity contribution in [3.8, 4) is 22.3 Å². The average Bonchev–Trinajstić information content (AvgIpc) is 3.38. The molecule has 2 aliphatic rings. The Bertz CT molecular complexity index is 1890. The van der Waals surface area contributed by atoms with Crippen molar-refractivity contribution in [2.45, 2.75) is 24.7 Å². The highest BCUT2D eigenvalue weighted by Crippen LogP contribution is 2.60. The summed E-state index contributed by atoms with van der Waals surface area (Å²) in [5.74, 6) is 0. The Morgan fingerprint density at radius 2 is 1.10 bits per heavy atom. The third-order valence-corrected chi connectivity index (χ3v) is 9.69. The van der Waals surface area contributed by atoms with Gasteiger partial charge in [-0.15, -0.1) is 0 Å². The predicted octanol–water partition coefficient (Wildman–Crippen LogP) is 10.3. The normalized spacial score (nSPS) is 15.5. The summed E-state index contributed by atoms with van der Waals surface area (Å²) in [5, 5.41) is 2.63. The van der Waals surface area contributed by atoms with Gasteiger partial charge in [0.2, 0.25) is 0 Å². The molecule has 0 aromatic heterocycles. The van der Waals surface area contributed by atoms with Crippen molar-refractivity contribution < 1.29 is 0 Å². The Balaban J connectivity index is 1.56. The molecule has 0 saturated heterocycles. The van der Waals surface area contributed by atoms with Crippen LogP contribution in [0.15, 0.2) is 132 Å². The quantitative estimate of drug-likeness (QED) is 0.196. The smallest absolute Gasteiger partial charge is 0.0622 e. The van der Waals surface area contributed by atoms with E-state index in [2.05, 4.69) is 157 Å². The van der Waals surface area contributed by atoms with Crippen LogP contribution in [0, 0.1) is 0 Å². The minimum Gasteiger partial charge on any atom is -0.0622 e. The Morgan fingerprint density at radius 3 is 1.82 bits per heavy atom. The lowest BCUT2D eigenvalue weighted by molar-refractivity contribution is 0.660. The molecule has 39 heavy (non-hydrogen) atoms. The van der Waals surface area contributed by atoms with E-state index in [0.717, 1.165) is 4.47 Å². The Morgan fingerprint density at radius 1 is 0.487 bits per heavy atom. The molecule has 186 valence electrons. The maximum absolute atomic E-state index is 3.83. The van der Waals surface area contributed by atoms with E-state index < -0.39 is 5.41 Å². The summed E-state index contributed by atoms with van der Waals surface area (Å²) in [6, 6.07) is 47.5. The zero-order valence-electron chi connectivity index (χ0n) is 22.0. The molecular formula is C38H27Br. The summed E-state index contributed by atoms with van der Waals surface area (Å²) in [5.41, 5.74) is 13.1. The van der Waals surface area contributed by atoms with Crippen LogP contribution < -0.4 is 0 Å². The fourth-order valence-corrected chi connectivity index (χ4v) is 7.82. The van der Waals surface area contributed by atoms with Gasteiger partial charge in [-0.05, 0) is 90.7 Å². The summed E-state index contributed by atoms with van der Waals surface area (Å²) in [7, 11) is 0. The number of fused-ring (bicyclic) bond motifs is 8. The minimum absolute atomic E-state index is 0.0794. The fourth-order valence-electron chi connectivity index (χ4n) is 7.46. The molecule has 0 aliphatic heterocycles. The van der Waals surface area contributed by atoms with Crippen molar-refractivity contribution in [2.24, 2.45) is 0 Å². The van der Waals surface area contributed by atoms with E-state index in [4.69, 9.17) is 0 Å². The number of benzene rings is 6. The molecule has 6 aromatic rings. The van der Waals surface area contributed by atoms with Crippen LogP contribution in [-0.2, 0) is 10.8 Å². The molecule has 8 rings (SSSR count). The van der Waals surface area contributed by atoms with E-state index in [1.54, 1.807) is 0 Å². The van der Waals surface area contributed by atoms with Gasteiger partial charge in [-0.25, -0.2) is 0 Å². The van der Waals surface area contributed by atoms with E-state index in [9.17, 15) is 0 Å². The van der Waals surface area contributed by atoms with Gasteiger partial charge in [0.1, 0.15) is 0 Å². The van der Waals surface area contributed by atoms with Crippen molar-refractivity contribution in [3.05, 3.63) is 165 Å². The molecule has 0 nitrogen and oxygen atoms in total. The van der Waals surface area contributed by atoms with E-state index in [1.165, 1.54) is 66.4 Å². The van der Waals surface area contributed by atoms with Crippen LogP contribution in [0.2, 0.25) is 0 Å². The second-order valence-electron chi connectivity index (χ2n) is 11.4. The van der Waals surface area contributed by atoms with Crippen LogP contribution >= 0.6 is 15.9 Å². The number of rotatable bonds is 2. The van der Waals surface area contributed by atoms with E-state index in [1.807, 2.05) is 0 Å². The highest BCUT2D eigenvalue weighted by Gasteiger charge is 2.48.